The van der Waals surface area contributed by atoms with Crippen molar-refractivity contribution in [2.75, 3.05) is 23.5 Å². The normalized spacial score (nSPS) is 15.1. The maximum absolute atomic E-state index is 13.6. The van der Waals surface area contributed by atoms with Crippen molar-refractivity contribution in [1.82, 2.24) is 15.0 Å². The maximum atomic E-state index is 13.6. The number of benzene rings is 1. The first-order valence-corrected chi connectivity index (χ1v) is 10.7. The van der Waals surface area contributed by atoms with Crippen LogP contribution in [-0.4, -0.2) is 52.4 Å². The lowest BCUT2D eigenvalue weighted by Gasteiger charge is -2.28. The molecule has 3 aromatic rings. The summed E-state index contributed by atoms with van der Waals surface area (Å²) < 4.78 is 18.5. The Morgan fingerprint density at radius 2 is 2.06 bits per heavy atom. The van der Waals surface area contributed by atoms with Gasteiger partial charge in [0.2, 0.25) is 11.9 Å². The number of carbonyl (C=O) groups excluding carboxylic acids is 3. The summed E-state index contributed by atoms with van der Waals surface area (Å²) in [6.45, 7) is 0.179. The molecule has 34 heavy (non-hydrogen) atoms. The van der Waals surface area contributed by atoms with Crippen LogP contribution in [0.4, 0.5) is 16.0 Å². The minimum atomic E-state index is -0.995. The predicted molar refractivity (Wildman–Crippen MR) is 121 cm³/mol. The van der Waals surface area contributed by atoms with Crippen molar-refractivity contribution in [3.8, 4) is 18.1 Å². The Morgan fingerprint density at radius 1 is 1.32 bits per heavy atom. The molecule has 3 heterocycles. The number of halogens is 1. The highest BCUT2D eigenvalue weighted by Crippen LogP contribution is 2.31. The Kier molecular flexibility index (Phi) is 6.20. The van der Waals surface area contributed by atoms with Crippen LogP contribution in [0, 0.1) is 18.2 Å². The molecule has 2 aromatic heterocycles. The molecule has 1 aliphatic rings. The van der Waals surface area contributed by atoms with Gasteiger partial charge in [0.25, 0.3) is 11.8 Å². The fourth-order valence-corrected chi connectivity index (χ4v) is 4.13. The molecular weight excluding hydrogens is 463 g/mol. The van der Waals surface area contributed by atoms with E-state index >= 15 is 0 Å². The molecule has 1 fully saturated rings. The maximum Gasteiger partial charge on any atom is 0.278 e. The minimum Gasteiger partial charge on any atom is -0.497 e. The van der Waals surface area contributed by atoms with E-state index in [2.05, 4.69) is 20.9 Å². The van der Waals surface area contributed by atoms with Crippen LogP contribution in [0.2, 0.25) is 0 Å². The van der Waals surface area contributed by atoms with Gasteiger partial charge < -0.3 is 10.5 Å². The summed E-state index contributed by atoms with van der Waals surface area (Å²) >= 11 is 1.10. The Morgan fingerprint density at radius 3 is 2.68 bits per heavy atom. The molecule has 12 heteroatoms. The molecule has 3 amide bonds. The van der Waals surface area contributed by atoms with Crippen LogP contribution < -0.4 is 20.3 Å². The van der Waals surface area contributed by atoms with Gasteiger partial charge in [-0.3, -0.25) is 24.2 Å². The number of nitrogens with two attached hydrogens (primary N) is 1. The summed E-state index contributed by atoms with van der Waals surface area (Å²) in [5, 5.41) is 1.78. The van der Waals surface area contributed by atoms with Crippen molar-refractivity contribution in [1.29, 1.82) is 0 Å². The van der Waals surface area contributed by atoms with E-state index in [1.165, 1.54) is 40.5 Å². The summed E-state index contributed by atoms with van der Waals surface area (Å²) in [4.78, 5) is 53.1. The van der Waals surface area contributed by atoms with Crippen LogP contribution in [0.5, 0.6) is 5.75 Å². The lowest BCUT2D eigenvalue weighted by atomic mass is 10.1. The lowest BCUT2D eigenvalue weighted by molar-refractivity contribution is -0.118. The van der Waals surface area contributed by atoms with Crippen LogP contribution in [0.1, 0.15) is 32.3 Å². The van der Waals surface area contributed by atoms with Crippen molar-refractivity contribution in [2.45, 2.75) is 12.5 Å². The quantitative estimate of drug-likeness (QED) is 0.530. The fraction of sp³-hybridized carbons (Fsp3) is 0.182. The minimum absolute atomic E-state index is 0.00745. The average Bonchev–Trinajstić information content (AvgIpc) is 3.47. The standard InChI is InChI=1S/C22H17FN6O4S/c1-3-18-27-16(11-34-18)20(31)29(14-6-12(19(24)30)7-15(8-14)33-2)17-4-5-28(21(17)32)22-25-9-13(23)10-26-22/h1,6-11,17H,4-5H2,2H3,(H2,24,30). The van der Waals surface area contributed by atoms with Gasteiger partial charge in [0, 0.05) is 29.2 Å². The van der Waals surface area contributed by atoms with Gasteiger partial charge in [-0.2, -0.15) is 0 Å². The summed E-state index contributed by atoms with van der Waals surface area (Å²) in [7, 11) is 1.39. The van der Waals surface area contributed by atoms with E-state index in [0.29, 0.717) is 5.01 Å². The van der Waals surface area contributed by atoms with Gasteiger partial charge in [-0.05, 0) is 24.5 Å². The molecular formula is C22H17FN6O4S. The van der Waals surface area contributed by atoms with Gasteiger partial charge in [0.1, 0.15) is 17.5 Å². The molecule has 0 spiro atoms. The van der Waals surface area contributed by atoms with E-state index in [1.54, 1.807) is 0 Å². The second-order valence-corrected chi connectivity index (χ2v) is 8.00. The number of ether oxygens (including phenoxy) is 1. The van der Waals surface area contributed by atoms with E-state index in [9.17, 15) is 18.8 Å². The first kappa shape index (κ1) is 22.8. The van der Waals surface area contributed by atoms with Crippen molar-refractivity contribution < 1.29 is 23.5 Å². The topological polar surface area (TPSA) is 132 Å². The lowest BCUT2D eigenvalue weighted by Crippen LogP contribution is -2.46. The SMILES string of the molecule is C#Cc1nc(C(=O)N(c2cc(OC)cc(C(N)=O)c2)C2CCN(c3ncc(F)cn3)C2=O)cs1. The number of carbonyl (C=O) groups is 3. The number of anilines is 2. The number of thiazole rings is 1. The number of amides is 3. The zero-order chi connectivity index (χ0) is 24.4. The van der Waals surface area contributed by atoms with Gasteiger partial charge in [0.15, 0.2) is 10.8 Å². The first-order valence-electron chi connectivity index (χ1n) is 9.86. The molecule has 2 N–H and O–H groups in total. The van der Waals surface area contributed by atoms with Crippen LogP contribution >= 0.6 is 11.3 Å². The molecule has 0 radical (unpaired) electrons. The molecule has 4 rings (SSSR count). The number of terminal acetylenes is 1. The molecule has 1 atom stereocenters. The third-order valence-corrected chi connectivity index (χ3v) is 5.87. The number of rotatable bonds is 6. The Balaban J connectivity index is 1.79. The van der Waals surface area contributed by atoms with E-state index in [1.807, 2.05) is 0 Å². The molecule has 1 saturated heterocycles. The number of hydrogen-bond acceptors (Lipinski definition) is 8. The Labute approximate surface area is 197 Å². The summed E-state index contributed by atoms with van der Waals surface area (Å²) in [6.07, 6.45) is 7.49. The third-order valence-electron chi connectivity index (χ3n) is 5.09. The van der Waals surface area contributed by atoms with Gasteiger partial charge in [-0.15, -0.1) is 17.8 Å². The summed E-state index contributed by atoms with van der Waals surface area (Å²) in [5.74, 6) is 0.149. The molecule has 0 saturated carbocycles. The second kappa shape index (κ2) is 9.24. The molecule has 0 bridgehead atoms. The smallest absolute Gasteiger partial charge is 0.278 e. The molecule has 1 aliphatic heterocycles. The number of aromatic nitrogens is 3. The summed E-state index contributed by atoms with van der Waals surface area (Å²) in [6, 6.07) is 3.32. The average molecular weight is 480 g/mol. The van der Waals surface area contributed by atoms with E-state index in [4.69, 9.17) is 16.9 Å². The Bertz CT molecular complexity index is 1320. The van der Waals surface area contributed by atoms with E-state index in [-0.39, 0.29) is 41.6 Å². The molecule has 1 aromatic carbocycles. The van der Waals surface area contributed by atoms with Crippen LogP contribution in [-0.2, 0) is 4.79 Å². The summed E-state index contributed by atoms with van der Waals surface area (Å²) in [5.41, 5.74) is 5.77. The highest BCUT2D eigenvalue weighted by molar-refractivity contribution is 7.10. The number of methoxy groups -OCH3 is 1. The van der Waals surface area contributed by atoms with Crippen LogP contribution in [0.25, 0.3) is 0 Å². The number of hydrogen-bond donors (Lipinski definition) is 1. The zero-order valence-corrected chi connectivity index (χ0v) is 18.6. The van der Waals surface area contributed by atoms with Gasteiger partial charge in [-0.1, -0.05) is 0 Å². The largest absolute Gasteiger partial charge is 0.497 e. The van der Waals surface area contributed by atoms with Crippen molar-refractivity contribution in [3.05, 3.63) is 58.1 Å². The van der Waals surface area contributed by atoms with Crippen molar-refractivity contribution in [2.24, 2.45) is 5.73 Å². The zero-order valence-electron chi connectivity index (χ0n) is 17.8. The van der Waals surface area contributed by atoms with Gasteiger partial charge >= 0.3 is 0 Å². The predicted octanol–water partition coefficient (Wildman–Crippen LogP) is 1.61. The highest BCUT2D eigenvalue weighted by Gasteiger charge is 2.41. The van der Waals surface area contributed by atoms with E-state index < -0.39 is 29.6 Å². The Hall–Kier alpha value is -4.37. The second-order valence-electron chi connectivity index (χ2n) is 7.14. The molecule has 172 valence electrons. The van der Waals surface area contributed by atoms with Crippen molar-refractivity contribution >= 4 is 40.7 Å². The van der Waals surface area contributed by atoms with Crippen LogP contribution in [0.15, 0.2) is 36.0 Å². The third kappa shape index (κ3) is 4.28. The van der Waals surface area contributed by atoms with Crippen LogP contribution in [0.3, 0.4) is 0 Å². The molecule has 1 unspecified atom stereocenters. The monoisotopic (exact) mass is 480 g/mol. The van der Waals surface area contributed by atoms with Gasteiger partial charge in [-0.25, -0.2) is 19.3 Å². The van der Waals surface area contributed by atoms with Crippen molar-refractivity contribution in [3.63, 3.8) is 0 Å². The first-order chi connectivity index (χ1) is 16.3. The molecule has 10 nitrogen and oxygen atoms in total. The fourth-order valence-electron chi connectivity index (χ4n) is 3.53. The van der Waals surface area contributed by atoms with E-state index in [0.717, 1.165) is 23.7 Å². The number of primary amides is 1. The van der Waals surface area contributed by atoms with Gasteiger partial charge in [0.05, 0.1) is 19.5 Å². The molecule has 0 aliphatic carbocycles. The number of nitrogens with zero attached hydrogens (tertiary/aromatic N) is 5. The highest BCUT2D eigenvalue weighted by atomic mass is 32.1.